The Labute approximate surface area is 425 Å². The number of hydrogen-bond acceptors (Lipinski definition) is 15. The van der Waals surface area contributed by atoms with Gasteiger partial charge in [-0.1, -0.05) is 104 Å². The van der Waals surface area contributed by atoms with Crippen molar-refractivity contribution in [3.05, 3.63) is 0 Å². The van der Waals surface area contributed by atoms with E-state index in [0.29, 0.717) is 0 Å². The molecule has 15 nitrogen and oxygen atoms in total. The Balaban J connectivity index is -0.000000170. The van der Waals surface area contributed by atoms with Crippen LogP contribution in [0.4, 0.5) is 0 Å². The Kier molecular flexibility index (Phi) is 91.5. The predicted molar refractivity (Wildman–Crippen MR) is 278 cm³/mol. The third-order valence-corrected chi connectivity index (χ3v) is 11.9. The molecule has 0 fully saturated rings. The van der Waals surface area contributed by atoms with Gasteiger partial charge in [-0.15, -0.1) is 0 Å². The van der Waals surface area contributed by atoms with Crippen molar-refractivity contribution in [2.24, 2.45) is 0 Å². The molecule has 0 aromatic carbocycles. The molecule has 0 rings (SSSR count). The molecule has 0 atom stereocenters. The minimum atomic E-state index is -1.08. The molecule has 0 aromatic heterocycles. The van der Waals surface area contributed by atoms with Crippen molar-refractivity contribution in [2.45, 2.75) is 200 Å². The Morgan fingerprint density at radius 1 is 0.152 bits per heavy atom. The van der Waals surface area contributed by atoms with Crippen molar-refractivity contribution in [3.8, 4) is 0 Å². The average molecular weight is 1100 g/mol. The SMILES string of the molecule is CCCOP(OCCC)OCCC.CCCOP(OCCC)OCCC.CCCOP(OCCC)OCCC.CCCOP(OCCC)OCCC.CCCOP(OCCC)OCCC.[Fe]. The summed E-state index contributed by atoms with van der Waals surface area (Å²) in [6.07, 6.45) is 15.1. The fourth-order valence-corrected chi connectivity index (χ4v) is 9.14. The largest absolute Gasteiger partial charge is 0.332 e. The Morgan fingerprint density at radius 2 is 0.212 bits per heavy atom. The van der Waals surface area contributed by atoms with Crippen molar-refractivity contribution < 1.29 is 84.9 Å². The van der Waals surface area contributed by atoms with E-state index in [1.54, 1.807) is 0 Å². The number of hydrogen-bond donors (Lipinski definition) is 0. The summed E-state index contributed by atoms with van der Waals surface area (Å²) in [5, 5.41) is 0. The van der Waals surface area contributed by atoms with E-state index in [4.69, 9.17) is 67.9 Å². The van der Waals surface area contributed by atoms with Gasteiger partial charge < -0.3 is 67.9 Å². The van der Waals surface area contributed by atoms with E-state index < -0.39 is 43.0 Å². The molecule has 0 aromatic rings. The molecule has 21 heteroatoms. The summed E-state index contributed by atoms with van der Waals surface area (Å²) in [5.74, 6) is 0. The van der Waals surface area contributed by atoms with E-state index in [1.807, 2.05) is 0 Å². The molecule has 0 saturated carbocycles. The van der Waals surface area contributed by atoms with Crippen molar-refractivity contribution in [2.75, 3.05) is 99.1 Å². The van der Waals surface area contributed by atoms with E-state index in [9.17, 15) is 0 Å². The third kappa shape index (κ3) is 72.6. The minimum Gasteiger partial charge on any atom is -0.312 e. The summed E-state index contributed by atoms with van der Waals surface area (Å²) >= 11 is 0. The summed E-state index contributed by atoms with van der Waals surface area (Å²) in [4.78, 5) is 0. The van der Waals surface area contributed by atoms with Gasteiger partial charge in [0.05, 0.1) is 99.1 Å². The molecule has 0 spiro atoms. The topological polar surface area (TPSA) is 138 Å². The maximum atomic E-state index is 5.42. The molecule has 0 amide bonds. The van der Waals surface area contributed by atoms with E-state index >= 15 is 0 Å². The summed E-state index contributed by atoms with van der Waals surface area (Å²) < 4.78 is 81.2. The fourth-order valence-electron chi connectivity index (χ4n) is 3.05. The summed E-state index contributed by atoms with van der Waals surface area (Å²) in [5.41, 5.74) is 0. The second-order valence-corrected chi connectivity index (χ2v) is 19.7. The Morgan fingerprint density at radius 3 is 0.258 bits per heavy atom. The summed E-state index contributed by atoms with van der Waals surface area (Å²) in [6.45, 7) is 42.0. The van der Waals surface area contributed by atoms with Gasteiger partial charge in [0, 0.05) is 17.1 Å². The monoisotopic (exact) mass is 1100 g/mol. The first-order chi connectivity index (χ1) is 31.7. The molecule has 0 unspecified atom stereocenters. The first-order valence-corrected chi connectivity index (χ1v) is 30.7. The van der Waals surface area contributed by atoms with Crippen LogP contribution in [0.3, 0.4) is 0 Å². The predicted octanol–water partition coefficient (Wildman–Crippen LogP) is 17.5. The average Bonchev–Trinajstić information content (AvgIpc) is 3.33. The van der Waals surface area contributed by atoms with Crippen LogP contribution in [0.25, 0.3) is 0 Å². The van der Waals surface area contributed by atoms with Crippen LogP contribution < -0.4 is 0 Å². The van der Waals surface area contributed by atoms with E-state index in [2.05, 4.69) is 104 Å². The molecule has 0 saturated heterocycles. The molecular weight excluding hydrogens is 991 g/mol. The molecule has 0 aliphatic heterocycles. The normalized spacial score (nSPS) is 10.9. The molecule has 0 aliphatic rings. The molecule has 66 heavy (non-hydrogen) atoms. The minimum absolute atomic E-state index is 0. The van der Waals surface area contributed by atoms with Crippen LogP contribution in [-0.2, 0) is 84.9 Å². The second-order valence-electron chi connectivity index (χ2n) is 13.6. The van der Waals surface area contributed by atoms with Crippen molar-refractivity contribution in [1.82, 2.24) is 0 Å². The van der Waals surface area contributed by atoms with Crippen LogP contribution in [0.5, 0.6) is 0 Å². The molecule has 408 valence electrons. The quantitative estimate of drug-likeness (QED) is 0.0422. The van der Waals surface area contributed by atoms with Crippen LogP contribution in [0.15, 0.2) is 0 Å². The Hall–Kier alpha value is 2.07. The van der Waals surface area contributed by atoms with Crippen LogP contribution in [0.1, 0.15) is 200 Å². The first kappa shape index (κ1) is 79.5. The first-order valence-electron chi connectivity index (χ1n) is 25.2. The maximum absolute atomic E-state index is 5.42. The van der Waals surface area contributed by atoms with Crippen LogP contribution in [0.2, 0.25) is 0 Å². The van der Waals surface area contributed by atoms with Crippen molar-refractivity contribution in [3.63, 3.8) is 0 Å². The van der Waals surface area contributed by atoms with Gasteiger partial charge in [0.1, 0.15) is 0 Å². The zero-order valence-corrected chi connectivity index (χ0v) is 50.5. The van der Waals surface area contributed by atoms with Gasteiger partial charge in [-0.3, -0.25) is 0 Å². The van der Waals surface area contributed by atoms with Crippen LogP contribution >= 0.6 is 43.0 Å². The van der Waals surface area contributed by atoms with Crippen molar-refractivity contribution in [1.29, 1.82) is 0 Å². The number of rotatable bonds is 45. The molecule has 0 bridgehead atoms. The molecule has 0 radical (unpaired) electrons. The molecule has 0 N–H and O–H groups in total. The molecule has 0 heterocycles. The molecular formula is C45H105FeO15P5. The van der Waals surface area contributed by atoms with E-state index in [1.165, 1.54) is 0 Å². The standard InChI is InChI=1S/5C9H21O3P.Fe/c5*1-4-7-10-13(11-8-5-2)12-9-6-3;/h5*4-9H2,1-3H3;. The zero-order chi connectivity index (χ0) is 49.7. The van der Waals surface area contributed by atoms with E-state index in [-0.39, 0.29) is 17.1 Å². The maximum Gasteiger partial charge on any atom is 0.332 e. The van der Waals surface area contributed by atoms with Gasteiger partial charge in [-0.2, -0.15) is 0 Å². The fraction of sp³-hybridized carbons (Fsp3) is 1.00. The van der Waals surface area contributed by atoms with Crippen LogP contribution in [0, 0.1) is 0 Å². The summed E-state index contributed by atoms with van der Waals surface area (Å²) in [6, 6.07) is 0. The Bertz CT molecular complexity index is 556. The van der Waals surface area contributed by atoms with Gasteiger partial charge in [-0.05, 0) is 96.3 Å². The summed E-state index contributed by atoms with van der Waals surface area (Å²) in [7, 11) is -5.39. The van der Waals surface area contributed by atoms with Gasteiger partial charge >= 0.3 is 43.0 Å². The van der Waals surface area contributed by atoms with Gasteiger partial charge in [-0.25, -0.2) is 0 Å². The van der Waals surface area contributed by atoms with E-state index in [0.717, 1.165) is 195 Å². The third-order valence-electron chi connectivity index (χ3n) is 6.01. The van der Waals surface area contributed by atoms with Gasteiger partial charge in [0.15, 0.2) is 0 Å². The van der Waals surface area contributed by atoms with Crippen molar-refractivity contribution >= 4 is 43.0 Å². The van der Waals surface area contributed by atoms with Crippen LogP contribution in [-0.4, -0.2) is 99.1 Å². The van der Waals surface area contributed by atoms with Gasteiger partial charge in [0.2, 0.25) is 0 Å². The second kappa shape index (κ2) is 76.0. The smallest absolute Gasteiger partial charge is 0.312 e. The zero-order valence-electron chi connectivity index (χ0n) is 44.9. The van der Waals surface area contributed by atoms with Gasteiger partial charge in [0.25, 0.3) is 0 Å². The molecule has 0 aliphatic carbocycles.